The standard InChI is InChI=1S/C15H28O/c1-2-14-16-15-12-10-8-6-4-3-5-7-9-11-13-15/h12H,2-11,13-14H2,1H3/b15-12-. The summed E-state index contributed by atoms with van der Waals surface area (Å²) in [6, 6.07) is 0. The van der Waals surface area contributed by atoms with Gasteiger partial charge in [-0.1, -0.05) is 45.4 Å². The molecule has 1 aliphatic carbocycles. The molecule has 1 rings (SSSR count). The predicted octanol–water partition coefficient (Wildman–Crippen LogP) is 5.21. The van der Waals surface area contributed by atoms with Crippen LogP contribution in [-0.2, 0) is 4.74 Å². The van der Waals surface area contributed by atoms with Gasteiger partial charge >= 0.3 is 0 Å². The van der Waals surface area contributed by atoms with Gasteiger partial charge in [0.25, 0.3) is 0 Å². The predicted molar refractivity (Wildman–Crippen MR) is 70.5 cm³/mol. The normalized spacial score (nSPS) is 23.7. The molecule has 1 aliphatic rings. The van der Waals surface area contributed by atoms with E-state index in [1.54, 1.807) is 0 Å². The molecule has 1 nitrogen and oxygen atoms in total. The van der Waals surface area contributed by atoms with Gasteiger partial charge in [-0.25, -0.2) is 0 Å². The van der Waals surface area contributed by atoms with Crippen LogP contribution in [0.15, 0.2) is 11.8 Å². The molecular formula is C15H28O. The van der Waals surface area contributed by atoms with Gasteiger partial charge in [0, 0.05) is 6.42 Å². The molecule has 0 amide bonds. The van der Waals surface area contributed by atoms with E-state index in [1.165, 1.54) is 70.0 Å². The van der Waals surface area contributed by atoms with E-state index in [2.05, 4.69) is 13.0 Å². The molecule has 0 bridgehead atoms. The average Bonchev–Trinajstić information content (AvgIpc) is 2.28. The van der Waals surface area contributed by atoms with E-state index in [0.717, 1.165) is 13.0 Å². The zero-order valence-electron chi connectivity index (χ0n) is 11.0. The molecule has 0 fully saturated rings. The van der Waals surface area contributed by atoms with Crippen molar-refractivity contribution >= 4 is 0 Å². The Balaban J connectivity index is 2.31. The molecule has 0 radical (unpaired) electrons. The quantitative estimate of drug-likeness (QED) is 0.639. The van der Waals surface area contributed by atoms with Gasteiger partial charge < -0.3 is 4.74 Å². The Hall–Kier alpha value is -0.460. The summed E-state index contributed by atoms with van der Waals surface area (Å²) in [5.74, 6) is 1.27. The second-order valence-electron chi connectivity index (χ2n) is 4.89. The van der Waals surface area contributed by atoms with Gasteiger partial charge in [-0.2, -0.15) is 0 Å². The maximum absolute atomic E-state index is 5.80. The van der Waals surface area contributed by atoms with Gasteiger partial charge in [-0.3, -0.25) is 0 Å². The van der Waals surface area contributed by atoms with Gasteiger partial charge in [0.1, 0.15) is 0 Å². The lowest BCUT2D eigenvalue weighted by molar-refractivity contribution is 0.199. The molecule has 94 valence electrons. The van der Waals surface area contributed by atoms with Crippen molar-refractivity contribution in [3.05, 3.63) is 11.8 Å². The number of ether oxygens (including phenoxy) is 1. The fourth-order valence-electron chi connectivity index (χ4n) is 2.23. The molecule has 0 aliphatic heterocycles. The van der Waals surface area contributed by atoms with E-state index in [4.69, 9.17) is 4.74 Å². The maximum Gasteiger partial charge on any atom is 0.0919 e. The number of allylic oxidation sites excluding steroid dienone is 2. The molecule has 0 atom stereocenters. The van der Waals surface area contributed by atoms with Crippen LogP contribution < -0.4 is 0 Å². The molecule has 0 spiro atoms. The summed E-state index contributed by atoms with van der Waals surface area (Å²) in [5, 5.41) is 0. The van der Waals surface area contributed by atoms with Gasteiger partial charge in [0.05, 0.1) is 12.4 Å². The average molecular weight is 224 g/mol. The van der Waals surface area contributed by atoms with Crippen LogP contribution in [0.5, 0.6) is 0 Å². The van der Waals surface area contributed by atoms with Crippen molar-refractivity contribution in [1.82, 2.24) is 0 Å². The first-order valence-electron chi connectivity index (χ1n) is 7.25. The molecule has 0 saturated heterocycles. The summed E-state index contributed by atoms with van der Waals surface area (Å²) in [6.45, 7) is 3.07. The Kier molecular flexibility index (Phi) is 8.28. The molecule has 0 unspecified atom stereocenters. The SMILES string of the molecule is CCCO/C1=C\CCCCCCCCCC1. The largest absolute Gasteiger partial charge is 0.498 e. The fourth-order valence-corrected chi connectivity index (χ4v) is 2.23. The van der Waals surface area contributed by atoms with E-state index in [1.807, 2.05) is 0 Å². The van der Waals surface area contributed by atoms with Crippen LogP contribution in [0, 0.1) is 0 Å². The Morgan fingerprint density at radius 3 is 2.25 bits per heavy atom. The Morgan fingerprint density at radius 2 is 1.56 bits per heavy atom. The highest BCUT2D eigenvalue weighted by Crippen LogP contribution is 2.17. The van der Waals surface area contributed by atoms with Gasteiger partial charge in [0.2, 0.25) is 0 Å². The first-order chi connectivity index (χ1) is 7.93. The van der Waals surface area contributed by atoms with Crippen molar-refractivity contribution < 1.29 is 4.74 Å². The summed E-state index contributed by atoms with van der Waals surface area (Å²) in [4.78, 5) is 0. The molecule has 0 aromatic heterocycles. The van der Waals surface area contributed by atoms with Crippen molar-refractivity contribution in [2.45, 2.75) is 77.6 Å². The highest BCUT2D eigenvalue weighted by molar-refractivity contribution is 4.93. The van der Waals surface area contributed by atoms with Gasteiger partial charge in [-0.15, -0.1) is 0 Å². The van der Waals surface area contributed by atoms with Crippen LogP contribution in [0.1, 0.15) is 77.6 Å². The first kappa shape index (κ1) is 13.6. The molecule has 0 aromatic rings. The minimum absolute atomic E-state index is 0.895. The molecule has 0 heterocycles. The number of hydrogen-bond acceptors (Lipinski definition) is 1. The second kappa shape index (κ2) is 9.74. The lowest BCUT2D eigenvalue weighted by atomic mass is 10.0. The van der Waals surface area contributed by atoms with Crippen molar-refractivity contribution in [2.75, 3.05) is 6.61 Å². The minimum Gasteiger partial charge on any atom is -0.498 e. The smallest absolute Gasteiger partial charge is 0.0919 e. The number of hydrogen-bond donors (Lipinski definition) is 0. The van der Waals surface area contributed by atoms with Crippen molar-refractivity contribution in [3.63, 3.8) is 0 Å². The van der Waals surface area contributed by atoms with E-state index in [0.29, 0.717) is 0 Å². The third-order valence-corrected chi connectivity index (χ3v) is 3.24. The van der Waals surface area contributed by atoms with Crippen LogP contribution in [-0.4, -0.2) is 6.61 Å². The third kappa shape index (κ3) is 6.92. The Labute approximate surface area is 101 Å². The molecule has 0 N–H and O–H groups in total. The van der Waals surface area contributed by atoms with E-state index in [9.17, 15) is 0 Å². The van der Waals surface area contributed by atoms with Gasteiger partial charge in [0.15, 0.2) is 0 Å². The highest BCUT2D eigenvalue weighted by Gasteiger charge is 2.00. The summed E-state index contributed by atoms with van der Waals surface area (Å²) >= 11 is 0. The summed E-state index contributed by atoms with van der Waals surface area (Å²) in [6.07, 6.45) is 17.0. The van der Waals surface area contributed by atoms with Crippen molar-refractivity contribution in [2.24, 2.45) is 0 Å². The van der Waals surface area contributed by atoms with E-state index < -0.39 is 0 Å². The first-order valence-corrected chi connectivity index (χ1v) is 7.25. The van der Waals surface area contributed by atoms with Crippen molar-refractivity contribution in [3.8, 4) is 0 Å². The lowest BCUT2D eigenvalue weighted by Gasteiger charge is -2.11. The summed E-state index contributed by atoms with van der Waals surface area (Å²) in [7, 11) is 0. The van der Waals surface area contributed by atoms with Crippen molar-refractivity contribution in [1.29, 1.82) is 0 Å². The molecule has 0 aromatic carbocycles. The van der Waals surface area contributed by atoms with Gasteiger partial charge in [-0.05, 0) is 31.8 Å². The van der Waals surface area contributed by atoms with Crippen LogP contribution in [0.3, 0.4) is 0 Å². The zero-order chi connectivity index (χ0) is 11.5. The minimum atomic E-state index is 0.895. The lowest BCUT2D eigenvalue weighted by Crippen LogP contribution is -1.95. The number of rotatable bonds is 3. The Morgan fingerprint density at radius 1 is 0.938 bits per heavy atom. The van der Waals surface area contributed by atoms with Crippen LogP contribution in [0.25, 0.3) is 0 Å². The second-order valence-corrected chi connectivity index (χ2v) is 4.89. The highest BCUT2D eigenvalue weighted by atomic mass is 16.5. The summed E-state index contributed by atoms with van der Waals surface area (Å²) < 4.78 is 5.80. The Bertz CT molecular complexity index is 184. The summed E-state index contributed by atoms with van der Waals surface area (Å²) in [5.41, 5.74) is 0. The zero-order valence-corrected chi connectivity index (χ0v) is 11.0. The van der Waals surface area contributed by atoms with E-state index in [-0.39, 0.29) is 0 Å². The topological polar surface area (TPSA) is 9.23 Å². The maximum atomic E-state index is 5.80. The van der Waals surface area contributed by atoms with E-state index >= 15 is 0 Å². The molecular weight excluding hydrogens is 196 g/mol. The monoisotopic (exact) mass is 224 g/mol. The fraction of sp³-hybridized carbons (Fsp3) is 0.867. The molecule has 16 heavy (non-hydrogen) atoms. The van der Waals surface area contributed by atoms with Crippen LogP contribution in [0.4, 0.5) is 0 Å². The van der Waals surface area contributed by atoms with Crippen LogP contribution in [0.2, 0.25) is 0 Å². The third-order valence-electron chi connectivity index (χ3n) is 3.24. The molecule has 0 saturated carbocycles. The molecule has 1 heteroatoms. The van der Waals surface area contributed by atoms with Crippen LogP contribution >= 0.6 is 0 Å².